The molecule has 3 unspecified atom stereocenters. The lowest BCUT2D eigenvalue weighted by atomic mass is 10.00. The molecule has 0 saturated heterocycles. The molecule has 37 heavy (non-hydrogen) atoms. The highest BCUT2D eigenvalue weighted by Gasteiger charge is 2.32. The number of methoxy groups -OCH3 is 1. The van der Waals surface area contributed by atoms with Gasteiger partial charge >= 0.3 is 0 Å². The Morgan fingerprint density at radius 3 is 2.08 bits per heavy atom. The molecule has 3 atom stereocenters. The van der Waals surface area contributed by atoms with E-state index in [1.165, 1.54) is 30.5 Å². The summed E-state index contributed by atoms with van der Waals surface area (Å²) in [7, 11) is -5.87. The van der Waals surface area contributed by atoms with Crippen molar-refractivity contribution < 1.29 is 31.5 Å². The van der Waals surface area contributed by atoms with Crippen molar-refractivity contribution in [1.29, 1.82) is 0 Å². The summed E-state index contributed by atoms with van der Waals surface area (Å²) in [6, 6.07) is 14.3. The molecule has 1 amide bonds. The number of amides is 1. The monoisotopic (exact) mass is 554 g/mol. The largest absolute Gasteiger partial charge is 0.497 e. The highest BCUT2D eigenvalue weighted by atomic mass is 32.2. The predicted molar refractivity (Wildman–Crippen MR) is 144 cm³/mol. The predicted octanol–water partition coefficient (Wildman–Crippen LogP) is 2.11. The number of aliphatic hydroxyl groups is 1. The highest BCUT2D eigenvalue weighted by Crippen LogP contribution is 2.22. The molecule has 0 bridgehead atoms. The van der Waals surface area contributed by atoms with Crippen molar-refractivity contribution in [1.82, 2.24) is 9.62 Å². The van der Waals surface area contributed by atoms with Crippen LogP contribution in [0, 0.1) is 11.8 Å². The molecule has 0 radical (unpaired) electrons. The van der Waals surface area contributed by atoms with Gasteiger partial charge < -0.3 is 15.2 Å². The van der Waals surface area contributed by atoms with Gasteiger partial charge in [0, 0.05) is 25.3 Å². The van der Waals surface area contributed by atoms with Crippen molar-refractivity contribution in [2.75, 3.05) is 32.2 Å². The number of hydrogen-bond acceptors (Lipinski definition) is 7. The van der Waals surface area contributed by atoms with E-state index in [1.54, 1.807) is 12.1 Å². The average Bonchev–Trinajstić information content (AvgIpc) is 2.82. The van der Waals surface area contributed by atoms with Gasteiger partial charge in [0.25, 0.3) is 0 Å². The summed E-state index contributed by atoms with van der Waals surface area (Å²) in [5, 5.41) is 14.0. The zero-order chi connectivity index (χ0) is 27.8. The minimum Gasteiger partial charge on any atom is -0.497 e. The molecule has 11 heteroatoms. The molecular weight excluding hydrogens is 516 g/mol. The smallest absolute Gasteiger partial charge is 0.243 e. The number of rotatable bonds is 14. The SMILES string of the molecule is COc1ccc(S(=O)(=O)N(CC(C)C)CC(O)C(Cc2ccccc2)NC(=O)C(C)CS(C)(=O)=O)cc1. The number of aliphatic hydroxyl groups excluding tert-OH is 1. The number of carbonyl (C=O) groups excluding carboxylic acids is 1. The number of nitrogens with one attached hydrogen (secondary N) is 1. The van der Waals surface area contributed by atoms with Gasteiger partial charge in [-0.25, -0.2) is 16.8 Å². The van der Waals surface area contributed by atoms with Gasteiger partial charge in [0.15, 0.2) is 0 Å². The van der Waals surface area contributed by atoms with Crippen LogP contribution >= 0.6 is 0 Å². The van der Waals surface area contributed by atoms with Crippen molar-refractivity contribution in [3.05, 3.63) is 60.2 Å². The molecule has 206 valence electrons. The van der Waals surface area contributed by atoms with E-state index in [2.05, 4.69) is 5.32 Å². The third kappa shape index (κ3) is 9.73. The minimum absolute atomic E-state index is 0.0304. The molecule has 2 rings (SSSR count). The van der Waals surface area contributed by atoms with E-state index in [-0.39, 0.29) is 36.1 Å². The normalized spacial score (nSPS) is 14.8. The first-order valence-electron chi connectivity index (χ1n) is 12.1. The first-order valence-corrected chi connectivity index (χ1v) is 15.6. The molecule has 0 aliphatic carbocycles. The van der Waals surface area contributed by atoms with E-state index >= 15 is 0 Å². The number of sulfonamides is 1. The summed E-state index contributed by atoms with van der Waals surface area (Å²) in [6.45, 7) is 5.15. The van der Waals surface area contributed by atoms with Crippen LogP contribution in [0.3, 0.4) is 0 Å². The van der Waals surface area contributed by atoms with Gasteiger partial charge in [0.2, 0.25) is 15.9 Å². The first-order chi connectivity index (χ1) is 17.2. The van der Waals surface area contributed by atoms with E-state index in [1.807, 2.05) is 44.2 Å². The van der Waals surface area contributed by atoms with Gasteiger partial charge in [-0.1, -0.05) is 51.1 Å². The van der Waals surface area contributed by atoms with Crippen molar-refractivity contribution in [2.45, 2.75) is 44.2 Å². The lowest BCUT2D eigenvalue weighted by Crippen LogP contribution is -2.52. The second-order valence-electron chi connectivity index (χ2n) is 9.76. The lowest BCUT2D eigenvalue weighted by molar-refractivity contribution is -0.125. The van der Waals surface area contributed by atoms with Crippen LogP contribution in [0.5, 0.6) is 5.75 Å². The van der Waals surface area contributed by atoms with Gasteiger partial charge in [-0.2, -0.15) is 4.31 Å². The van der Waals surface area contributed by atoms with Gasteiger partial charge in [0.1, 0.15) is 15.6 Å². The Balaban J connectivity index is 2.33. The van der Waals surface area contributed by atoms with Crippen molar-refractivity contribution in [2.24, 2.45) is 11.8 Å². The Morgan fingerprint density at radius 1 is 0.973 bits per heavy atom. The maximum atomic E-state index is 13.5. The van der Waals surface area contributed by atoms with Crippen LogP contribution in [0.4, 0.5) is 0 Å². The molecule has 0 saturated carbocycles. The Hall–Kier alpha value is -2.47. The molecule has 2 N–H and O–H groups in total. The number of carbonyl (C=O) groups is 1. The summed E-state index contributed by atoms with van der Waals surface area (Å²) >= 11 is 0. The van der Waals surface area contributed by atoms with E-state index < -0.39 is 43.8 Å². The fourth-order valence-electron chi connectivity index (χ4n) is 3.92. The van der Waals surface area contributed by atoms with E-state index in [0.717, 1.165) is 11.8 Å². The van der Waals surface area contributed by atoms with Gasteiger partial charge in [0.05, 0.1) is 29.9 Å². The fraction of sp³-hybridized carbons (Fsp3) is 0.500. The standard InChI is InChI=1S/C26H38N2O7S2/c1-19(2)16-28(37(33,34)23-13-11-22(35-4)12-14-23)17-25(29)24(15-21-9-7-6-8-10-21)27-26(30)20(3)18-36(5,31)32/h6-14,19-20,24-25,29H,15-18H2,1-5H3,(H,27,30). The molecule has 0 aliphatic rings. The molecule has 0 heterocycles. The Labute approximate surface area is 220 Å². The van der Waals surface area contributed by atoms with Gasteiger partial charge in [-0.15, -0.1) is 0 Å². The van der Waals surface area contributed by atoms with Crippen LogP contribution in [0.15, 0.2) is 59.5 Å². The van der Waals surface area contributed by atoms with Crippen LogP contribution in [0.25, 0.3) is 0 Å². The summed E-state index contributed by atoms with van der Waals surface area (Å²) in [6.07, 6.45) is 0.0274. The Kier molecular flexibility index (Phi) is 11.1. The van der Waals surface area contributed by atoms with Gasteiger partial charge in [-0.05, 0) is 42.2 Å². The third-order valence-electron chi connectivity index (χ3n) is 5.75. The minimum atomic E-state index is -3.97. The molecule has 0 aromatic heterocycles. The number of sulfone groups is 1. The third-order valence-corrected chi connectivity index (χ3v) is 8.70. The Morgan fingerprint density at radius 2 is 1.57 bits per heavy atom. The van der Waals surface area contributed by atoms with E-state index in [4.69, 9.17) is 4.74 Å². The maximum Gasteiger partial charge on any atom is 0.243 e. The molecule has 2 aromatic rings. The maximum absolute atomic E-state index is 13.5. The first kappa shape index (κ1) is 30.8. The van der Waals surface area contributed by atoms with Crippen molar-refractivity contribution in [3.63, 3.8) is 0 Å². The summed E-state index contributed by atoms with van der Waals surface area (Å²) in [4.78, 5) is 12.9. The fourth-order valence-corrected chi connectivity index (χ4v) is 6.60. The summed E-state index contributed by atoms with van der Waals surface area (Å²) in [5.74, 6) is -1.22. The second-order valence-corrected chi connectivity index (χ2v) is 13.9. The number of benzene rings is 2. The van der Waals surface area contributed by atoms with E-state index in [0.29, 0.717) is 5.75 Å². The van der Waals surface area contributed by atoms with Crippen LogP contribution in [0.1, 0.15) is 26.3 Å². The summed E-state index contributed by atoms with van der Waals surface area (Å²) < 4.78 is 56.7. The number of ether oxygens (including phenoxy) is 1. The van der Waals surface area contributed by atoms with Crippen LogP contribution in [0.2, 0.25) is 0 Å². The molecule has 9 nitrogen and oxygen atoms in total. The summed E-state index contributed by atoms with van der Waals surface area (Å²) in [5.41, 5.74) is 0.830. The molecule has 0 aliphatic heterocycles. The van der Waals surface area contributed by atoms with Crippen molar-refractivity contribution in [3.8, 4) is 5.75 Å². The molecular formula is C26H38N2O7S2. The number of hydrogen-bond donors (Lipinski definition) is 2. The topological polar surface area (TPSA) is 130 Å². The van der Waals surface area contributed by atoms with Gasteiger partial charge in [-0.3, -0.25) is 4.79 Å². The molecule has 0 spiro atoms. The zero-order valence-corrected chi connectivity index (χ0v) is 23.6. The molecule has 2 aromatic carbocycles. The molecule has 0 fully saturated rings. The van der Waals surface area contributed by atoms with Crippen LogP contribution in [-0.4, -0.2) is 76.5 Å². The highest BCUT2D eigenvalue weighted by molar-refractivity contribution is 7.90. The zero-order valence-electron chi connectivity index (χ0n) is 22.0. The lowest BCUT2D eigenvalue weighted by Gasteiger charge is -2.31. The average molecular weight is 555 g/mol. The Bertz CT molecular complexity index is 1220. The van der Waals surface area contributed by atoms with Crippen LogP contribution in [-0.2, 0) is 31.1 Å². The van der Waals surface area contributed by atoms with Crippen LogP contribution < -0.4 is 10.1 Å². The van der Waals surface area contributed by atoms with E-state index in [9.17, 15) is 26.7 Å². The number of nitrogens with zero attached hydrogens (tertiary/aromatic N) is 1. The quantitative estimate of drug-likeness (QED) is 0.366. The second kappa shape index (κ2) is 13.4. The van der Waals surface area contributed by atoms with Crippen molar-refractivity contribution >= 4 is 25.8 Å².